The minimum atomic E-state index is -4.80. The Labute approximate surface area is 200 Å². The Morgan fingerprint density at radius 2 is 1.75 bits per heavy atom. The van der Waals surface area contributed by atoms with Crippen molar-refractivity contribution in [3.05, 3.63) is 77.0 Å². The molecule has 4 rings (SSSR count). The highest BCUT2D eigenvalue weighted by Gasteiger charge is 2.44. The van der Waals surface area contributed by atoms with Gasteiger partial charge in [0.05, 0.1) is 11.9 Å². The van der Waals surface area contributed by atoms with Gasteiger partial charge in [0.2, 0.25) is 18.8 Å². The number of alkyl halides is 3. The fraction of sp³-hybridized carbons (Fsp3) is 0.174. The van der Waals surface area contributed by atoms with Crippen molar-refractivity contribution in [3.63, 3.8) is 0 Å². The number of halogens is 5. The Balaban J connectivity index is 1.47. The first-order valence-corrected chi connectivity index (χ1v) is 10.2. The zero-order valence-electron chi connectivity index (χ0n) is 18.3. The maximum Gasteiger partial charge on any atom is 0.429 e. The number of ether oxygens (including phenoxy) is 3. The standard InChI is InChI=1S/C23H16F5N3O5/c1-11-7-13(30-22(33)31-20(32)18-14(24)3-2-4-15(18)25)9-29-21(11)36-19(23(26,27)28)12-5-6-16-17(8-12)35-10-34-16/h2-9,19H,10H2,1H3,(H2,30,31,32,33). The van der Waals surface area contributed by atoms with Crippen LogP contribution in [0.25, 0.3) is 0 Å². The van der Waals surface area contributed by atoms with Crippen molar-refractivity contribution in [1.29, 1.82) is 0 Å². The van der Waals surface area contributed by atoms with Crippen molar-refractivity contribution in [2.45, 2.75) is 19.2 Å². The number of nitrogens with one attached hydrogen (secondary N) is 2. The molecule has 0 saturated carbocycles. The van der Waals surface area contributed by atoms with Gasteiger partial charge >= 0.3 is 12.2 Å². The summed E-state index contributed by atoms with van der Waals surface area (Å²) in [6.07, 6.45) is -6.20. The van der Waals surface area contributed by atoms with Gasteiger partial charge in [-0.3, -0.25) is 10.1 Å². The first-order valence-electron chi connectivity index (χ1n) is 10.2. The summed E-state index contributed by atoms with van der Waals surface area (Å²) in [6.45, 7) is 1.28. The molecule has 13 heteroatoms. The second kappa shape index (κ2) is 9.68. The van der Waals surface area contributed by atoms with E-state index in [2.05, 4.69) is 10.3 Å². The van der Waals surface area contributed by atoms with E-state index < -0.39 is 41.4 Å². The molecule has 2 heterocycles. The van der Waals surface area contributed by atoms with Crippen LogP contribution in [0.1, 0.15) is 27.6 Å². The Morgan fingerprint density at radius 3 is 2.42 bits per heavy atom. The highest BCUT2D eigenvalue weighted by atomic mass is 19.4. The minimum Gasteiger partial charge on any atom is -0.460 e. The van der Waals surface area contributed by atoms with Gasteiger partial charge in [-0.25, -0.2) is 18.6 Å². The van der Waals surface area contributed by atoms with E-state index in [4.69, 9.17) is 14.2 Å². The fourth-order valence-electron chi connectivity index (χ4n) is 3.31. The van der Waals surface area contributed by atoms with Crippen molar-refractivity contribution in [1.82, 2.24) is 10.3 Å². The molecule has 36 heavy (non-hydrogen) atoms. The minimum absolute atomic E-state index is 0.0224. The molecule has 1 unspecified atom stereocenters. The van der Waals surface area contributed by atoms with Crippen LogP contribution in [0.15, 0.2) is 48.7 Å². The highest BCUT2D eigenvalue weighted by Crippen LogP contribution is 2.41. The molecule has 1 aromatic heterocycles. The van der Waals surface area contributed by atoms with Crippen molar-refractivity contribution in [3.8, 4) is 17.4 Å². The molecule has 2 N–H and O–H groups in total. The first-order chi connectivity index (χ1) is 17.0. The van der Waals surface area contributed by atoms with Gasteiger partial charge in [-0.15, -0.1) is 0 Å². The van der Waals surface area contributed by atoms with Gasteiger partial charge in [0.15, 0.2) is 11.5 Å². The number of hydrogen-bond donors (Lipinski definition) is 2. The van der Waals surface area contributed by atoms with Crippen LogP contribution in [0.4, 0.5) is 32.4 Å². The third kappa shape index (κ3) is 5.29. The molecular formula is C23H16F5N3O5. The Bertz CT molecular complexity index is 1310. The molecule has 0 radical (unpaired) electrons. The SMILES string of the molecule is Cc1cc(NC(=O)NC(=O)c2c(F)cccc2F)cnc1OC(c1ccc2c(c1)OCO2)C(F)(F)F. The number of aromatic nitrogens is 1. The number of hydrogen-bond acceptors (Lipinski definition) is 6. The van der Waals surface area contributed by atoms with E-state index in [1.54, 1.807) is 5.32 Å². The summed E-state index contributed by atoms with van der Waals surface area (Å²) < 4.78 is 84.1. The van der Waals surface area contributed by atoms with E-state index in [0.29, 0.717) is 5.75 Å². The number of aryl methyl sites for hydroxylation is 1. The molecule has 0 saturated heterocycles. The molecule has 8 nitrogen and oxygen atoms in total. The number of anilines is 1. The van der Waals surface area contributed by atoms with E-state index in [0.717, 1.165) is 30.5 Å². The van der Waals surface area contributed by atoms with Gasteiger partial charge < -0.3 is 19.5 Å². The van der Waals surface area contributed by atoms with Crippen LogP contribution in [0, 0.1) is 18.6 Å². The maximum atomic E-state index is 13.8. The number of amides is 3. The van der Waals surface area contributed by atoms with Crippen LogP contribution in [0.3, 0.4) is 0 Å². The molecule has 0 aliphatic carbocycles. The van der Waals surface area contributed by atoms with Crippen LogP contribution in [-0.4, -0.2) is 29.9 Å². The maximum absolute atomic E-state index is 13.8. The Kier molecular flexibility index (Phi) is 6.64. The Morgan fingerprint density at radius 1 is 1.06 bits per heavy atom. The van der Waals surface area contributed by atoms with Crippen LogP contribution in [0.2, 0.25) is 0 Å². The topological polar surface area (TPSA) is 98.8 Å². The Hall–Kier alpha value is -4.42. The fourth-order valence-corrected chi connectivity index (χ4v) is 3.31. The average molecular weight is 509 g/mol. The molecule has 0 spiro atoms. The van der Waals surface area contributed by atoms with Crippen LogP contribution < -0.4 is 24.8 Å². The lowest BCUT2D eigenvalue weighted by atomic mass is 10.1. The van der Waals surface area contributed by atoms with Crippen LogP contribution in [0.5, 0.6) is 17.4 Å². The summed E-state index contributed by atoms with van der Waals surface area (Å²) in [5.74, 6) is -3.58. The number of imide groups is 1. The lowest BCUT2D eigenvalue weighted by Crippen LogP contribution is -2.35. The van der Waals surface area contributed by atoms with E-state index in [1.165, 1.54) is 25.1 Å². The molecule has 3 amide bonds. The van der Waals surface area contributed by atoms with E-state index in [9.17, 15) is 31.5 Å². The summed E-state index contributed by atoms with van der Waals surface area (Å²) in [6, 6.07) is 6.52. The number of carbonyl (C=O) groups is 2. The molecule has 3 aromatic rings. The summed E-state index contributed by atoms with van der Waals surface area (Å²) in [7, 11) is 0. The van der Waals surface area contributed by atoms with Gasteiger partial charge in [-0.1, -0.05) is 12.1 Å². The molecule has 1 aliphatic rings. The quantitative estimate of drug-likeness (QED) is 0.468. The molecule has 2 aromatic carbocycles. The lowest BCUT2D eigenvalue weighted by molar-refractivity contribution is -0.198. The van der Waals surface area contributed by atoms with Crippen molar-refractivity contribution in [2.24, 2.45) is 0 Å². The molecule has 188 valence electrons. The number of fused-ring (bicyclic) bond motifs is 1. The average Bonchev–Trinajstić information content (AvgIpc) is 3.25. The molecule has 1 aliphatic heterocycles. The van der Waals surface area contributed by atoms with E-state index in [-0.39, 0.29) is 35.2 Å². The summed E-state index contributed by atoms with van der Waals surface area (Å²) in [4.78, 5) is 27.9. The first kappa shape index (κ1) is 24.7. The lowest BCUT2D eigenvalue weighted by Gasteiger charge is -2.22. The second-order valence-corrected chi connectivity index (χ2v) is 7.50. The van der Waals surface area contributed by atoms with Crippen molar-refractivity contribution in [2.75, 3.05) is 12.1 Å². The third-order valence-corrected chi connectivity index (χ3v) is 4.93. The third-order valence-electron chi connectivity index (χ3n) is 4.93. The normalized spacial score (nSPS) is 13.2. The molecule has 1 atom stereocenters. The van der Waals surface area contributed by atoms with Crippen LogP contribution in [-0.2, 0) is 0 Å². The number of pyridine rings is 1. The molecule has 0 fully saturated rings. The van der Waals surface area contributed by atoms with E-state index in [1.807, 2.05) is 0 Å². The summed E-state index contributed by atoms with van der Waals surface area (Å²) in [5.41, 5.74) is -1.10. The van der Waals surface area contributed by atoms with Gasteiger partial charge in [0.25, 0.3) is 5.91 Å². The van der Waals surface area contributed by atoms with Crippen molar-refractivity contribution >= 4 is 17.6 Å². The zero-order valence-corrected chi connectivity index (χ0v) is 18.3. The monoisotopic (exact) mass is 509 g/mol. The van der Waals surface area contributed by atoms with E-state index >= 15 is 0 Å². The van der Waals surface area contributed by atoms with Crippen molar-refractivity contribution < 1.29 is 45.8 Å². The summed E-state index contributed by atoms with van der Waals surface area (Å²) in [5, 5.41) is 3.96. The number of carbonyl (C=O) groups excluding carboxylic acids is 2. The predicted molar refractivity (Wildman–Crippen MR) is 114 cm³/mol. The molecule has 0 bridgehead atoms. The van der Waals surface area contributed by atoms with Gasteiger partial charge in [0.1, 0.15) is 17.2 Å². The largest absolute Gasteiger partial charge is 0.460 e. The highest BCUT2D eigenvalue weighted by molar-refractivity contribution is 6.08. The number of benzene rings is 2. The van der Waals surface area contributed by atoms with Gasteiger partial charge in [0, 0.05) is 11.1 Å². The van der Waals surface area contributed by atoms with Gasteiger partial charge in [-0.2, -0.15) is 13.2 Å². The number of nitrogens with zero attached hydrogens (tertiary/aromatic N) is 1. The second-order valence-electron chi connectivity index (χ2n) is 7.50. The van der Waals surface area contributed by atoms with Gasteiger partial charge in [-0.05, 0) is 37.3 Å². The predicted octanol–water partition coefficient (Wildman–Crippen LogP) is 5.04. The molecular weight excluding hydrogens is 493 g/mol. The zero-order chi connectivity index (χ0) is 26.0. The smallest absolute Gasteiger partial charge is 0.429 e. The number of rotatable bonds is 5. The summed E-state index contributed by atoms with van der Waals surface area (Å²) >= 11 is 0. The van der Waals surface area contributed by atoms with Crippen LogP contribution >= 0.6 is 0 Å². The number of urea groups is 1.